The molecule has 1 amide bonds. The molecule has 1 saturated carbocycles. The maximum atomic E-state index is 15.3. The van der Waals surface area contributed by atoms with E-state index < -0.39 is 46.8 Å². The van der Waals surface area contributed by atoms with E-state index in [0.717, 1.165) is 25.0 Å². The molecule has 14 heteroatoms. The second-order valence-corrected chi connectivity index (χ2v) is 10.7. The number of nitrogens with zero attached hydrogens (tertiary/aromatic N) is 3. The van der Waals surface area contributed by atoms with Gasteiger partial charge in [0.25, 0.3) is 0 Å². The number of aromatic nitrogens is 1. The van der Waals surface area contributed by atoms with E-state index in [1.807, 2.05) is 0 Å². The summed E-state index contributed by atoms with van der Waals surface area (Å²) in [6, 6.07) is 6.44. The summed E-state index contributed by atoms with van der Waals surface area (Å²) in [5.74, 6) is -2.06. The number of anilines is 2. The van der Waals surface area contributed by atoms with Crippen LogP contribution in [0.3, 0.4) is 0 Å². The van der Waals surface area contributed by atoms with Crippen molar-refractivity contribution in [3.63, 3.8) is 0 Å². The lowest BCUT2D eigenvalue weighted by atomic mass is 10.1. The highest BCUT2D eigenvalue weighted by molar-refractivity contribution is 5.90. The van der Waals surface area contributed by atoms with Gasteiger partial charge in [-0.05, 0) is 43.5 Å². The highest BCUT2D eigenvalue weighted by Gasteiger charge is 2.39. The Labute approximate surface area is 236 Å². The van der Waals surface area contributed by atoms with Crippen molar-refractivity contribution in [2.45, 2.75) is 37.0 Å². The molecule has 0 radical (unpaired) electrons. The van der Waals surface area contributed by atoms with Crippen LogP contribution in [0.2, 0.25) is 0 Å². The number of hydrogen-bond donors (Lipinski definition) is 3. The number of rotatable bonds is 8. The van der Waals surface area contributed by atoms with E-state index in [9.17, 15) is 29.0 Å². The number of β-amino-alcohol motifs (C(OH)–C–C–N with tert-alkyl or cyclic N) is 1. The number of ether oxygens (including phenoxy) is 3. The van der Waals surface area contributed by atoms with E-state index in [2.05, 4.69) is 4.74 Å². The van der Waals surface area contributed by atoms with E-state index in [0.29, 0.717) is 5.52 Å². The molecule has 3 aromatic rings. The summed E-state index contributed by atoms with van der Waals surface area (Å²) >= 11 is 0. The van der Waals surface area contributed by atoms with Gasteiger partial charge in [0.05, 0.1) is 48.2 Å². The second-order valence-electron chi connectivity index (χ2n) is 10.7. The van der Waals surface area contributed by atoms with E-state index in [-0.39, 0.29) is 67.8 Å². The highest BCUT2D eigenvalue weighted by atomic mass is 19.1. The molecular formula is C28H27F2N3O9. The Morgan fingerprint density at radius 2 is 1.90 bits per heavy atom. The lowest BCUT2D eigenvalue weighted by molar-refractivity contribution is 0.0133. The lowest BCUT2D eigenvalue weighted by Crippen LogP contribution is -2.39. The Balaban J connectivity index is 1.19. The Bertz CT molecular complexity index is 1640. The highest BCUT2D eigenvalue weighted by Crippen LogP contribution is 2.40. The Morgan fingerprint density at radius 3 is 2.57 bits per heavy atom. The summed E-state index contributed by atoms with van der Waals surface area (Å²) in [5, 5.41) is 29.3. The van der Waals surface area contributed by atoms with Crippen LogP contribution in [0.4, 0.5) is 29.7 Å². The number of aliphatic hydroxyl groups excluding tert-OH is 1. The summed E-state index contributed by atoms with van der Waals surface area (Å²) in [4.78, 5) is 38.7. The summed E-state index contributed by atoms with van der Waals surface area (Å²) < 4.78 is 47.1. The molecule has 6 rings (SSSR count). The van der Waals surface area contributed by atoms with E-state index in [1.54, 1.807) is 9.47 Å². The van der Waals surface area contributed by atoms with Gasteiger partial charge in [0.1, 0.15) is 24.1 Å². The number of cyclic esters (lactones) is 1. The number of hydrogen-bond acceptors (Lipinski definition) is 9. The molecule has 2 atom stereocenters. The smallest absolute Gasteiger partial charge is 0.487 e. The maximum absolute atomic E-state index is 15.3. The van der Waals surface area contributed by atoms with E-state index >= 15 is 4.39 Å². The average molecular weight is 588 g/mol. The number of halogens is 2. The minimum absolute atomic E-state index is 0.0139. The summed E-state index contributed by atoms with van der Waals surface area (Å²) in [6.07, 6.45) is 0.0750. The zero-order valence-corrected chi connectivity index (χ0v) is 22.2. The van der Waals surface area contributed by atoms with Crippen LogP contribution in [0, 0.1) is 11.6 Å². The molecule has 0 bridgehead atoms. The fraction of sp³-hybridized carbons (Fsp3) is 0.393. The number of carboxylic acid groups (broad SMARTS) is 1. The molecule has 1 unspecified atom stereocenters. The first-order chi connectivity index (χ1) is 20.0. The van der Waals surface area contributed by atoms with Gasteiger partial charge in [-0.15, -0.1) is 0 Å². The first kappa shape index (κ1) is 27.7. The zero-order chi connectivity index (χ0) is 29.8. The van der Waals surface area contributed by atoms with Gasteiger partial charge in [0, 0.05) is 18.7 Å². The first-order valence-corrected chi connectivity index (χ1v) is 13.3. The largest absolute Gasteiger partial charge is 0.511 e. The van der Waals surface area contributed by atoms with Crippen molar-refractivity contribution in [3.05, 3.63) is 58.4 Å². The number of carbonyl (C=O) groups is 2. The van der Waals surface area contributed by atoms with Crippen molar-refractivity contribution in [3.8, 4) is 11.5 Å². The third kappa shape index (κ3) is 5.18. The summed E-state index contributed by atoms with van der Waals surface area (Å²) in [7, 11) is 0. The zero-order valence-electron chi connectivity index (χ0n) is 22.2. The summed E-state index contributed by atoms with van der Waals surface area (Å²) in [5.41, 5.74) is -1.41. The lowest BCUT2D eigenvalue weighted by Gasteiger charge is -2.25. The maximum Gasteiger partial charge on any atom is 0.511 e. The molecule has 3 heterocycles. The topological polar surface area (TPSA) is 151 Å². The Kier molecular flexibility index (Phi) is 6.89. The van der Waals surface area contributed by atoms with Crippen molar-refractivity contribution in [1.82, 2.24) is 4.57 Å². The van der Waals surface area contributed by atoms with Crippen LogP contribution in [0.5, 0.6) is 11.5 Å². The van der Waals surface area contributed by atoms with Crippen molar-refractivity contribution in [2.75, 3.05) is 42.6 Å². The van der Waals surface area contributed by atoms with Crippen molar-refractivity contribution in [1.29, 1.82) is 0 Å². The Hall–Kier alpha value is -4.43. The number of benzene rings is 2. The number of aliphatic hydroxyl groups is 2. The SMILES string of the molecule is O=C(O)Oc1cn(C2CC2)c2cc(N3CCC(O)(COc4ccc(N5C[C@H](CO)OC5=O)cc4F)C3)c(F)cc2c1=O. The van der Waals surface area contributed by atoms with Crippen molar-refractivity contribution in [2.24, 2.45) is 0 Å². The van der Waals surface area contributed by atoms with Gasteiger partial charge in [0.2, 0.25) is 5.43 Å². The molecular weight excluding hydrogens is 560 g/mol. The summed E-state index contributed by atoms with van der Waals surface area (Å²) in [6.45, 7) is -0.362. The van der Waals surface area contributed by atoms with Crippen LogP contribution in [0.15, 0.2) is 41.3 Å². The molecule has 3 N–H and O–H groups in total. The quantitative estimate of drug-likeness (QED) is 0.336. The first-order valence-electron chi connectivity index (χ1n) is 13.3. The van der Waals surface area contributed by atoms with Gasteiger partial charge in [-0.25, -0.2) is 18.4 Å². The van der Waals surface area contributed by atoms with Crippen LogP contribution < -0.4 is 24.7 Å². The third-order valence-electron chi connectivity index (χ3n) is 7.68. The van der Waals surface area contributed by atoms with Gasteiger partial charge < -0.3 is 39.0 Å². The van der Waals surface area contributed by atoms with E-state index in [4.69, 9.17) is 14.6 Å². The number of fused-ring (bicyclic) bond motifs is 1. The number of pyridine rings is 1. The average Bonchev–Trinajstić information content (AvgIpc) is 3.62. The van der Waals surface area contributed by atoms with Crippen LogP contribution in [-0.2, 0) is 4.74 Å². The molecule has 1 aliphatic carbocycles. The standard InChI is InChI=1S/C28H27F2N3O9/c29-19-8-18-21(32(15-1-2-15)11-24(25(18)35)42-27(37)38)9-22(19)31-6-5-28(39,13-31)14-40-23-4-3-16(7-20(23)30)33-10-17(12-34)41-26(33)36/h3-4,7-9,11,15,17,34,39H,1-2,5-6,10,12-14H2,(H,37,38)/t17-,28?/m1/s1. The second kappa shape index (κ2) is 10.4. The molecule has 2 aliphatic heterocycles. The molecule has 222 valence electrons. The van der Waals surface area contributed by atoms with Gasteiger partial charge >= 0.3 is 12.2 Å². The van der Waals surface area contributed by atoms with Crippen molar-refractivity contribution >= 4 is 34.5 Å². The molecule has 1 aromatic heterocycles. The van der Waals surface area contributed by atoms with Gasteiger partial charge in [-0.2, -0.15) is 0 Å². The number of carbonyl (C=O) groups excluding carboxylic acids is 1. The fourth-order valence-electron chi connectivity index (χ4n) is 5.39. The number of amides is 1. The molecule has 3 fully saturated rings. The van der Waals surface area contributed by atoms with Crippen LogP contribution in [0.25, 0.3) is 10.9 Å². The van der Waals surface area contributed by atoms with E-state index in [1.165, 1.54) is 29.3 Å². The predicted octanol–water partition coefficient (Wildman–Crippen LogP) is 3.01. The molecule has 2 aromatic carbocycles. The minimum Gasteiger partial charge on any atom is -0.487 e. The van der Waals surface area contributed by atoms with Gasteiger partial charge in [0.15, 0.2) is 17.3 Å². The Morgan fingerprint density at radius 1 is 1.12 bits per heavy atom. The fourth-order valence-corrected chi connectivity index (χ4v) is 5.39. The van der Waals surface area contributed by atoms with Gasteiger partial charge in [-0.1, -0.05) is 0 Å². The third-order valence-corrected chi connectivity index (χ3v) is 7.68. The molecule has 2 saturated heterocycles. The predicted molar refractivity (Wildman–Crippen MR) is 143 cm³/mol. The molecule has 0 spiro atoms. The van der Waals surface area contributed by atoms with Crippen molar-refractivity contribution < 1.29 is 47.9 Å². The minimum atomic E-state index is -1.65. The van der Waals surface area contributed by atoms with Crippen LogP contribution in [-0.4, -0.2) is 76.7 Å². The van der Waals surface area contributed by atoms with Crippen LogP contribution in [0.1, 0.15) is 25.3 Å². The molecule has 42 heavy (non-hydrogen) atoms. The van der Waals surface area contributed by atoms with Crippen LogP contribution >= 0.6 is 0 Å². The monoisotopic (exact) mass is 587 g/mol. The molecule has 12 nitrogen and oxygen atoms in total. The van der Waals surface area contributed by atoms with Gasteiger partial charge in [-0.3, -0.25) is 9.69 Å². The normalized spacial score (nSPS) is 22.1. The molecule has 3 aliphatic rings.